The monoisotopic (exact) mass is 1180 g/mol. The number of rotatable bonds is 24. The number of nitrogens with zero attached hydrogens (tertiary/aromatic N) is 7. The van der Waals surface area contributed by atoms with Gasteiger partial charge in [0.1, 0.15) is 12.3 Å². The third kappa shape index (κ3) is 20.8. The second-order valence-electron chi connectivity index (χ2n) is 18.7. The Morgan fingerprint density at radius 1 is 0.447 bits per heavy atom. The molecule has 1 aromatic heterocycles. The normalized spacial score (nSPS) is 13.8. The van der Waals surface area contributed by atoms with Gasteiger partial charge in [-0.25, -0.2) is 24.2 Å². The van der Waals surface area contributed by atoms with Gasteiger partial charge in [-0.2, -0.15) is 0 Å². The summed E-state index contributed by atoms with van der Waals surface area (Å²) in [6.07, 6.45) is -2.69. The summed E-state index contributed by atoms with van der Waals surface area (Å²) in [6.45, 7) is 21.4. The molecule has 0 bridgehead atoms. The molecule has 3 fully saturated rings. The molecule has 456 valence electrons. The molecule has 28 nitrogen and oxygen atoms in total. The highest BCUT2D eigenvalue weighted by atomic mass is 16.7. The van der Waals surface area contributed by atoms with Gasteiger partial charge in [-0.1, -0.05) is 47.6 Å². The second-order valence-corrected chi connectivity index (χ2v) is 18.7. The van der Waals surface area contributed by atoms with Gasteiger partial charge in [0.05, 0.1) is 11.1 Å². The van der Waals surface area contributed by atoms with E-state index in [0.717, 1.165) is 52.4 Å². The van der Waals surface area contributed by atoms with Crippen LogP contribution in [0.1, 0.15) is 111 Å². The average Bonchev–Trinajstić information content (AvgIpc) is 4.29. The van der Waals surface area contributed by atoms with Crippen LogP contribution in [0.5, 0.6) is 0 Å². The first-order valence-corrected chi connectivity index (χ1v) is 27.8. The largest absolute Gasteiger partial charge is 0.461 e. The van der Waals surface area contributed by atoms with E-state index in [1.807, 2.05) is 13.8 Å². The van der Waals surface area contributed by atoms with Gasteiger partial charge in [-0.15, -0.1) is 15.2 Å². The van der Waals surface area contributed by atoms with E-state index >= 15 is 0 Å². The van der Waals surface area contributed by atoms with Crippen LogP contribution >= 0.6 is 0 Å². The molecule has 0 aliphatic carbocycles. The minimum atomic E-state index is -0.965. The summed E-state index contributed by atoms with van der Waals surface area (Å²) in [6, 6.07) is 20.4. The second kappa shape index (κ2) is 33.6. The van der Waals surface area contributed by atoms with Gasteiger partial charge in [-0.3, -0.25) is 54.3 Å². The van der Waals surface area contributed by atoms with Crippen LogP contribution in [0.15, 0.2) is 78.9 Å². The predicted octanol–water partition coefficient (Wildman–Crippen LogP) is 5.09. The minimum absolute atomic E-state index is 0.0250. The van der Waals surface area contributed by atoms with Crippen LogP contribution in [0.3, 0.4) is 0 Å². The third-order valence-corrected chi connectivity index (χ3v) is 13.2. The molecule has 3 aliphatic heterocycles. The van der Waals surface area contributed by atoms with E-state index in [2.05, 4.69) is 74.0 Å². The van der Waals surface area contributed by atoms with Crippen molar-refractivity contribution >= 4 is 99.5 Å². The van der Waals surface area contributed by atoms with Crippen LogP contribution in [-0.2, 0) is 48.0 Å². The van der Waals surface area contributed by atoms with Crippen molar-refractivity contribution in [2.24, 2.45) is 0 Å². The van der Waals surface area contributed by atoms with E-state index in [1.165, 1.54) is 36.4 Å². The van der Waals surface area contributed by atoms with E-state index in [1.54, 1.807) is 42.5 Å². The molecular weight excluding hydrogens is 1110 g/mol. The Labute approximate surface area is 490 Å². The number of anilines is 3. The van der Waals surface area contributed by atoms with Gasteiger partial charge in [0.15, 0.2) is 0 Å². The standard InChI is InChI=1S/C21H25N5O5.C18H24N4O5.C18H23N3O6/c1-3-25(4-2)12-11-22-20(29)17-7-5-14-13-15(6-8-16(14)24-17)23-21(30)31-26-18(27)9-10-19(26)28;1-3-21(4-2)12-11-19-17(25)13-5-7-14(8-6-13)20-18(26)27-22-15(23)9-10-16(22)24;1-3-20(4-2)11-12-26-17(24)13-5-7-14(8-6-13)19-18(25)27-21-15(22)9-10-16(21)23/h5-8,13H,3-4,9-12H2,1-2H3,(H,22,29)(H,23,30);5-8H,3-4,9-12H2,1-2H3,(H,19,25)(H,20,26);5-8H,3-4,9-12H2,1-2H3,(H,19,25). The quantitative estimate of drug-likeness (QED) is 0.0451. The number of aromatic nitrogens is 1. The molecule has 5 N–H and O–H groups in total. The number of esters is 1. The van der Waals surface area contributed by atoms with Gasteiger partial charge < -0.3 is 44.6 Å². The zero-order chi connectivity index (χ0) is 62.0. The number of benzene rings is 3. The molecule has 85 heavy (non-hydrogen) atoms. The molecule has 11 amide bonds. The highest BCUT2D eigenvalue weighted by molar-refractivity contribution is 6.04. The fraction of sp³-hybridized carbons (Fsp3) is 0.421. The van der Waals surface area contributed by atoms with E-state index in [4.69, 9.17) is 19.2 Å². The molecule has 4 heterocycles. The van der Waals surface area contributed by atoms with Gasteiger partial charge in [0.2, 0.25) is 0 Å². The van der Waals surface area contributed by atoms with Crippen molar-refractivity contribution in [3.05, 3.63) is 95.7 Å². The molecule has 0 saturated carbocycles. The topological polar surface area (TPSA) is 334 Å². The van der Waals surface area contributed by atoms with Gasteiger partial charge in [0.25, 0.3) is 47.3 Å². The zero-order valence-electron chi connectivity index (χ0n) is 48.4. The fourth-order valence-electron chi connectivity index (χ4n) is 8.19. The van der Waals surface area contributed by atoms with Crippen molar-refractivity contribution in [1.29, 1.82) is 0 Å². The summed E-state index contributed by atoms with van der Waals surface area (Å²) in [5, 5.41) is 15.1. The summed E-state index contributed by atoms with van der Waals surface area (Å²) in [5.74, 6) is -4.22. The van der Waals surface area contributed by atoms with Crippen molar-refractivity contribution < 1.29 is 76.8 Å². The first-order valence-electron chi connectivity index (χ1n) is 27.8. The summed E-state index contributed by atoms with van der Waals surface area (Å²) in [5.41, 5.74) is 2.81. The number of imide groups is 3. The molecule has 4 aromatic rings. The highest BCUT2D eigenvalue weighted by Gasteiger charge is 2.35. The Morgan fingerprint density at radius 3 is 1.22 bits per heavy atom. The number of hydrogen-bond acceptors (Lipinski definition) is 20. The lowest BCUT2D eigenvalue weighted by Crippen LogP contribution is -2.35. The van der Waals surface area contributed by atoms with Crippen LogP contribution in [0, 0.1) is 0 Å². The molecule has 0 radical (unpaired) electrons. The maximum atomic E-state index is 12.4. The van der Waals surface area contributed by atoms with Crippen molar-refractivity contribution in [1.82, 2.24) is 45.5 Å². The van der Waals surface area contributed by atoms with Crippen molar-refractivity contribution in [3.8, 4) is 0 Å². The molecule has 0 atom stereocenters. The summed E-state index contributed by atoms with van der Waals surface area (Å²) in [4.78, 5) is 166. The molecule has 0 spiro atoms. The lowest BCUT2D eigenvalue weighted by Gasteiger charge is -2.18. The number of pyridine rings is 1. The van der Waals surface area contributed by atoms with Gasteiger partial charge >= 0.3 is 24.2 Å². The maximum absolute atomic E-state index is 12.4. The van der Waals surface area contributed by atoms with E-state index in [0.29, 0.717) is 86.2 Å². The highest BCUT2D eigenvalue weighted by Crippen LogP contribution is 2.21. The Hall–Kier alpha value is -9.41. The molecule has 3 aromatic carbocycles. The number of carbonyl (C=O) groups excluding carboxylic acids is 12. The molecule has 3 saturated heterocycles. The summed E-state index contributed by atoms with van der Waals surface area (Å²) in [7, 11) is 0. The Morgan fingerprint density at radius 2 is 0.812 bits per heavy atom. The number of nitrogens with one attached hydrogen (secondary N) is 5. The molecule has 28 heteroatoms. The van der Waals surface area contributed by atoms with Gasteiger partial charge in [-0.05, 0) is 112 Å². The number of ether oxygens (including phenoxy) is 1. The Balaban J connectivity index is 0.000000234. The third-order valence-electron chi connectivity index (χ3n) is 13.2. The predicted molar refractivity (Wildman–Crippen MR) is 307 cm³/mol. The first kappa shape index (κ1) is 66.4. The van der Waals surface area contributed by atoms with Crippen molar-refractivity contribution in [2.75, 3.05) is 94.5 Å². The Kier molecular flexibility index (Phi) is 26.3. The minimum Gasteiger partial charge on any atom is -0.461 e. The fourth-order valence-corrected chi connectivity index (χ4v) is 8.19. The summed E-state index contributed by atoms with van der Waals surface area (Å²) >= 11 is 0. The van der Waals surface area contributed by atoms with Crippen LogP contribution in [0.4, 0.5) is 31.4 Å². The Bertz CT molecular complexity index is 2870. The van der Waals surface area contributed by atoms with Crippen LogP contribution in [0.2, 0.25) is 0 Å². The average molecular weight is 1180 g/mol. The number of hydroxylamine groups is 6. The number of fused-ring (bicyclic) bond motifs is 1. The number of likely N-dealkylation sites (N-methyl/N-ethyl adjacent to an activating group) is 3. The lowest BCUT2D eigenvalue weighted by atomic mass is 10.1. The maximum Gasteiger partial charge on any atom is 0.436 e. The smallest absolute Gasteiger partial charge is 0.436 e. The van der Waals surface area contributed by atoms with Crippen LogP contribution < -0.4 is 26.6 Å². The van der Waals surface area contributed by atoms with Crippen LogP contribution in [0.25, 0.3) is 10.9 Å². The van der Waals surface area contributed by atoms with Crippen molar-refractivity contribution in [2.45, 2.75) is 80.1 Å². The number of carbonyl (C=O) groups is 12. The molecule has 3 aliphatic rings. The lowest BCUT2D eigenvalue weighted by molar-refractivity contribution is -0.171. The molecular formula is C57H72N12O16. The van der Waals surface area contributed by atoms with Crippen molar-refractivity contribution in [3.63, 3.8) is 0 Å². The van der Waals surface area contributed by atoms with E-state index < -0.39 is 59.7 Å². The molecule has 7 rings (SSSR count). The van der Waals surface area contributed by atoms with E-state index in [-0.39, 0.29) is 50.3 Å². The SMILES string of the molecule is CCN(CC)CCNC(=O)c1ccc(NC(=O)ON2C(=O)CCC2=O)cc1.CCN(CC)CCNC(=O)c1ccc2cc(NC(=O)ON3C(=O)CCC3=O)ccc2n1.CCN(CC)CCOC(=O)c1ccc(NC(=O)ON2C(=O)CCC2=O)cc1. The zero-order valence-corrected chi connectivity index (χ0v) is 48.4. The number of hydrogen-bond donors (Lipinski definition) is 5. The molecule has 0 unspecified atom stereocenters. The number of amides is 11. The first-order chi connectivity index (χ1) is 40.8. The van der Waals surface area contributed by atoms with Crippen LogP contribution in [-0.4, -0.2) is 185 Å². The van der Waals surface area contributed by atoms with E-state index in [9.17, 15) is 57.5 Å². The summed E-state index contributed by atoms with van der Waals surface area (Å²) < 4.78 is 5.22. The van der Waals surface area contributed by atoms with Gasteiger partial charge in [0, 0.05) is 99.3 Å².